The second-order valence-electron chi connectivity index (χ2n) is 6.38. The second kappa shape index (κ2) is 7.96. The van der Waals surface area contributed by atoms with Crippen molar-refractivity contribution in [3.63, 3.8) is 0 Å². The molecule has 0 unspecified atom stereocenters. The van der Waals surface area contributed by atoms with Crippen LogP contribution in [0.25, 0.3) is 0 Å². The molecule has 0 spiro atoms. The lowest BCUT2D eigenvalue weighted by Crippen LogP contribution is -2.45. The van der Waals surface area contributed by atoms with E-state index in [1.165, 1.54) is 25.7 Å². The molecule has 1 saturated carbocycles. The smallest absolute Gasteiger partial charge is 0.234 e. The Morgan fingerprint density at radius 2 is 1.90 bits per heavy atom. The Balaban J connectivity index is 1.55. The summed E-state index contributed by atoms with van der Waals surface area (Å²) in [7, 11) is 2.17. The minimum atomic E-state index is 0.153. The molecule has 0 atom stereocenters. The summed E-state index contributed by atoms with van der Waals surface area (Å²) in [6.45, 7) is 4.16. The molecule has 1 heterocycles. The van der Waals surface area contributed by atoms with Crippen LogP contribution in [0.15, 0.2) is 0 Å². The van der Waals surface area contributed by atoms with Gasteiger partial charge in [-0.25, -0.2) is 0 Å². The van der Waals surface area contributed by atoms with E-state index in [0.717, 1.165) is 45.1 Å². The molecule has 1 aliphatic carbocycles. The van der Waals surface area contributed by atoms with Crippen LogP contribution >= 0.6 is 0 Å². The summed E-state index contributed by atoms with van der Waals surface area (Å²) < 4.78 is 0. The number of carbonyl (C=O) groups is 1. The van der Waals surface area contributed by atoms with Gasteiger partial charge in [-0.15, -0.1) is 0 Å². The third-order valence-electron chi connectivity index (χ3n) is 4.73. The van der Waals surface area contributed by atoms with Crippen molar-refractivity contribution in [2.75, 3.05) is 39.8 Å². The summed E-state index contributed by atoms with van der Waals surface area (Å²) in [5.41, 5.74) is 5.87. The average Bonchev–Trinajstić information content (AvgIpc) is 2.95. The summed E-state index contributed by atoms with van der Waals surface area (Å²) in [5.74, 6) is 0.153. The highest BCUT2D eigenvalue weighted by atomic mass is 16.2. The van der Waals surface area contributed by atoms with Crippen molar-refractivity contribution in [1.82, 2.24) is 15.1 Å². The van der Waals surface area contributed by atoms with Crippen LogP contribution in [-0.4, -0.2) is 67.6 Å². The third-order valence-corrected chi connectivity index (χ3v) is 4.73. The number of likely N-dealkylation sites (tertiary alicyclic amines) is 1. The molecule has 116 valence electrons. The standard InChI is InChI=1S/C15H30N4O/c1-18(14-4-2-3-5-14)11-8-17-15(20)12-19-9-6-13(16)7-10-19/h13-14H,2-12,16H2,1H3,(H,17,20). The van der Waals surface area contributed by atoms with Crippen molar-refractivity contribution in [3.8, 4) is 0 Å². The summed E-state index contributed by atoms with van der Waals surface area (Å²) >= 11 is 0. The van der Waals surface area contributed by atoms with Crippen LogP contribution in [0.2, 0.25) is 0 Å². The van der Waals surface area contributed by atoms with Crippen LogP contribution in [0.5, 0.6) is 0 Å². The highest BCUT2D eigenvalue weighted by Gasteiger charge is 2.20. The van der Waals surface area contributed by atoms with E-state index in [1.54, 1.807) is 0 Å². The van der Waals surface area contributed by atoms with Crippen molar-refractivity contribution in [2.45, 2.75) is 50.6 Å². The third kappa shape index (κ3) is 5.04. The van der Waals surface area contributed by atoms with E-state index in [-0.39, 0.29) is 5.91 Å². The number of likely N-dealkylation sites (N-methyl/N-ethyl adjacent to an activating group) is 1. The van der Waals surface area contributed by atoms with Crippen LogP contribution in [0.4, 0.5) is 0 Å². The molecule has 0 radical (unpaired) electrons. The zero-order valence-corrected chi connectivity index (χ0v) is 12.8. The Labute approximate surface area is 122 Å². The number of piperidine rings is 1. The summed E-state index contributed by atoms with van der Waals surface area (Å²) in [4.78, 5) is 16.5. The van der Waals surface area contributed by atoms with Gasteiger partial charge < -0.3 is 16.0 Å². The Bertz CT molecular complexity index is 296. The van der Waals surface area contributed by atoms with Gasteiger partial charge in [0.2, 0.25) is 5.91 Å². The first kappa shape index (κ1) is 15.7. The van der Waals surface area contributed by atoms with E-state index in [0.29, 0.717) is 12.6 Å². The highest BCUT2D eigenvalue weighted by molar-refractivity contribution is 5.78. The first-order valence-electron chi connectivity index (χ1n) is 8.10. The van der Waals surface area contributed by atoms with E-state index in [4.69, 9.17) is 5.73 Å². The van der Waals surface area contributed by atoms with Gasteiger partial charge in [0.25, 0.3) is 0 Å². The number of nitrogens with zero attached hydrogens (tertiary/aromatic N) is 2. The van der Waals surface area contributed by atoms with Crippen molar-refractivity contribution < 1.29 is 4.79 Å². The van der Waals surface area contributed by atoms with Crippen LogP contribution in [0.3, 0.4) is 0 Å². The second-order valence-corrected chi connectivity index (χ2v) is 6.38. The number of amides is 1. The quantitative estimate of drug-likeness (QED) is 0.740. The van der Waals surface area contributed by atoms with Gasteiger partial charge in [0.15, 0.2) is 0 Å². The molecule has 5 heteroatoms. The predicted molar refractivity (Wildman–Crippen MR) is 81.5 cm³/mol. The Morgan fingerprint density at radius 3 is 2.55 bits per heavy atom. The minimum Gasteiger partial charge on any atom is -0.354 e. The lowest BCUT2D eigenvalue weighted by molar-refractivity contribution is -0.122. The maximum absolute atomic E-state index is 11.9. The maximum atomic E-state index is 11.9. The lowest BCUT2D eigenvalue weighted by Gasteiger charge is -2.29. The number of nitrogens with one attached hydrogen (secondary N) is 1. The Kier molecular flexibility index (Phi) is 6.26. The van der Waals surface area contributed by atoms with Gasteiger partial charge in [-0.3, -0.25) is 9.69 Å². The molecule has 0 aromatic rings. The van der Waals surface area contributed by atoms with E-state index >= 15 is 0 Å². The zero-order valence-electron chi connectivity index (χ0n) is 12.8. The van der Waals surface area contributed by atoms with Crippen LogP contribution in [0.1, 0.15) is 38.5 Å². The van der Waals surface area contributed by atoms with E-state index < -0.39 is 0 Å². The summed E-state index contributed by atoms with van der Waals surface area (Å²) in [6.07, 6.45) is 7.38. The average molecular weight is 282 g/mol. The van der Waals surface area contributed by atoms with Gasteiger partial charge in [-0.05, 0) is 32.7 Å². The van der Waals surface area contributed by atoms with Crippen LogP contribution in [-0.2, 0) is 4.79 Å². The molecule has 2 aliphatic rings. The molecule has 2 fully saturated rings. The fourth-order valence-electron chi connectivity index (χ4n) is 3.27. The molecule has 2 rings (SSSR count). The monoisotopic (exact) mass is 282 g/mol. The van der Waals surface area contributed by atoms with Gasteiger partial charge in [-0.1, -0.05) is 12.8 Å². The predicted octanol–water partition coefficient (Wildman–Crippen LogP) is 0.400. The largest absolute Gasteiger partial charge is 0.354 e. The molecule has 0 aromatic heterocycles. The molecule has 3 N–H and O–H groups in total. The van der Waals surface area contributed by atoms with Crippen LogP contribution in [0, 0.1) is 0 Å². The number of carbonyl (C=O) groups excluding carboxylic acids is 1. The molecule has 1 amide bonds. The van der Waals surface area contributed by atoms with E-state index in [1.807, 2.05) is 0 Å². The number of nitrogens with two attached hydrogens (primary N) is 1. The zero-order chi connectivity index (χ0) is 14.4. The molecule has 0 bridgehead atoms. The molecule has 0 aromatic carbocycles. The summed E-state index contributed by atoms with van der Waals surface area (Å²) in [5, 5.41) is 3.04. The summed E-state index contributed by atoms with van der Waals surface area (Å²) in [6, 6.07) is 1.06. The first-order valence-corrected chi connectivity index (χ1v) is 8.10. The normalized spacial score (nSPS) is 22.6. The van der Waals surface area contributed by atoms with Crippen molar-refractivity contribution >= 4 is 5.91 Å². The molecular weight excluding hydrogens is 252 g/mol. The molecular formula is C15H30N4O. The van der Waals surface area contributed by atoms with E-state index in [2.05, 4.69) is 22.2 Å². The highest BCUT2D eigenvalue weighted by Crippen LogP contribution is 2.21. The van der Waals surface area contributed by atoms with Crippen LogP contribution < -0.4 is 11.1 Å². The molecule has 5 nitrogen and oxygen atoms in total. The SMILES string of the molecule is CN(CCNC(=O)CN1CCC(N)CC1)C1CCCC1. The van der Waals surface area contributed by atoms with Gasteiger partial charge in [-0.2, -0.15) is 0 Å². The molecule has 1 aliphatic heterocycles. The Morgan fingerprint density at radius 1 is 1.25 bits per heavy atom. The van der Waals surface area contributed by atoms with Gasteiger partial charge in [0.1, 0.15) is 0 Å². The van der Waals surface area contributed by atoms with Gasteiger partial charge in [0, 0.05) is 38.3 Å². The molecule has 1 saturated heterocycles. The lowest BCUT2D eigenvalue weighted by atomic mass is 10.1. The maximum Gasteiger partial charge on any atom is 0.234 e. The van der Waals surface area contributed by atoms with E-state index in [9.17, 15) is 4.79 Å². The topological polar surface area (TPSA) is 61.6 Å². The minimum absolute atomic E-state index is 0.153. The Hall–Kier alpha value is -0.650. The molecule has 20 heavy (non-hydrogen) atoms. The van der Waals surface area contributed by atoms with Gasteiger partial charge in [0.05, 0.1) is 6.54 Å². The van der Waals surface area contributed by atoms with Gasteiger partial charge >= 0.3 is 0 Å². The van der Waals surface area contributed by atoms with Crippen molar-refractivity contribution in [2.24, 2.45) is 5.73 Å². The number of rotatable bonds is 6. The number of hydrogen-bond acceptors (Lipinski definition) is 4. The van der Waals surface area contributed by atoms with Crippen molar-refractivity contribution in [1.29, 1.82) is 0 Å². The number of hydrogen-bond donors (Lipinski definition) is 2. The fraction of sp³-hybridized carbons (Fsp3) is 0.933. The van der Waals surface area contributed by atoms with Crippen molar-refractivity contribution in [3.05, 3.63) is 0 Å². The first-order chi connectivity index (χ1) is 9.65. The fourth-order valence-corrected chi connectivity index (χ4v) is 3.27.